The summed E-state index contributed by atoms with van der Waals surface area (Å²) in [5, 5.41) is 3.27. The molecular weight excluding hydrogens is 322 g/mol. The van der Waals surface area contributed by atoms with Crippen LogP contribution >= 0.6 is 15.9 Å². The summed E-state index contributed by atoms with van der Waals surface area (Å²) in [6.45, 7) is 4.04. The lowest BCUT2D eigenvalue weighted by atomic mass is 10.2. The standard InChI is InChI=1S/C13H18BrN5O/c14-10-8-16-13(17-9-10)19-6-4-18(5-7-19)12(20)11-2-1-3-15-11/h8-9,11,15H,1-7H2/t11-/m0/s1. The Bertz CT molecular complexity index is 466. The highest BCUT2D eigenvalue weighted by Crippen LogP contribution is 2.15. The molecule has 1 amide bonds. The number of carbonyl (C=O) groups excluding carboxylic acids is 1. The average molecular weight is 340 g/mol. The number of hydrogen-bond acceptors (Lipinski definition) is 5. The van der Waals surface area contributed by atoms with Gasteiger partial charge in [-0.1, -0.05) is 0 Å². The Morgan fingerprint density at radius 2 is 1.95 bits per heavy atom. The molecule has 1 atom stereocenters. The van der Waals surface area contributed by atoms with Crippen molar-refractivity contribution in [1.82, 2.24) is 20.2 Å². The number of rotatable bonds is 2. The van der Waals surface area contributed by atoms with Gasteiger partial charge in [-0.15, -0.1) is 0 Å². The summed E-state index contributed by atoms with van der Waals surface area (Å²) in [6.07, 6.45) is 5.57. The second-order valence-corrected chi connectivity index (χ2v) is 6.08. The molecule has 0 aliphatic carbocycles. The molecule has 2 aliphatic rings. The molecule has 1 N–H and O–H groups in total. The van der Waals surface area contributed by atoms with Crippen molar-refractivity contribution in [3.63, 3.8) is 0 Å². The zero-order valence-electron chi connectivity index (χ0n) is 11.3. The third-order valence-electron chi connectivity index (χ3n) is 3.84. The van der Waals surface area contributed by atoms with Crippen LogP contribution in [0.15, 0.2) is 16.9 Å². The van der Waals surface area contributed by atoms with Crippen LogP contribution in [0.5, 0.6) is 0 Å². The van der Waals surface area contributed by atoms with Gasteiger partial charge in [0.2, 0.25) is 11.9 Å². The van der Waals surface area contributed by atoms with Crippen LogP contribution in [0, 0.1) is 0 Å². The molecular formula is C13H18BrN5O. The minimum absolute atomic E-state index is 0.0329. The molecule has 2 fully saturated rings. The maximum atomic E-state index is 12.3. The first-order valence-corrected chi connectivity index (χ1v) is 7.78. The normalized spacial score (nSPS) is 23.1. The van der Waals surface area contributed by atoms with Gasteiger partial charge in [0.15, 0.2) is 0 Å². The number of nitrogens with zero attached hydrogens (tertiary/aromatic N) is 4. The van der Waals surface area contributed by atoms with Crippen molar-refractivity contribution in [1.29, 1.82) is 0 Å². The third-order valence-corrected chi connectivity index (χ3v) is 4.25. The number of carbonyl (C=O) groups is 1. The van der Waals surface area contributed by atoms with Gasteiger partial charge >= 0.3 is 0 Å². The molecule has 0 unspecified atom stereocenters. The Morgan fingerprint density at radius 1 is 1.25 bits per heavy atom. The van der Waals surface area contributed by atoms with Gasteiger partial charge in [-0.2, -0.15) is 0 Å². The largest absolute Gasteiger partial charge is 0.338 e. The van der Waals surface area contributed by atoms with Gasteiger partial charge in [-0.05, 0) is 35.3 Å². The predicted molar refractivity (Wildman–Crippen MR) is 79.5 cm³/mol. The lowest BCUT2D eigenvalue weighted by Gasteiger charge is -2.35. The van der Waals surface area contributed by atoms with Gasteiger partial charge in [0.1, 0.15) is 0 Å². The van der Waals surface area contributed by atoms with Crippen molar-refractivity contribution in [2.75, 3.05) is 37.6 Å². The minimum Gasteiger partial charge on any atom is -0.338 e. The van der Waals surface area contributed by atoms with Crippen molar-refractivity contribution in [2.24, 2.45) is 0 Å². The van der Waals surface area contributed by atoms with E-state index >= 15 is 0 Å². The van der Waals surface area contributed by atoms with Gasteiger partial charge < -0.3 is 15.1 Å². The predicted octanol–water partition coefficient (Wildman–Crippen LogP) is 0.640. The van der Waals surface area contributed by atoms with E-state index in [1.807, 2.05) is 4.90 Å². The Balaban J connectivity index is 1.56. The molecule has 1 aromatic heterocycles. The van der Waals surface area contributed by atoms with E-state index in [-0.39, 0.29) is 11.9 Å². The molecule has 108 valence electrons. The second kappa shape index (κ2) is 6.05. The molecule has 3 heterocycles. The van der Waals surface area contributed by atoms with E-state index in [0.717, 1.165) is 56.0 Å². The molecule has 0 bridgehead atoms. The fraction of sp³-hybridized carbons (Fsp3) is 0.615. The smallest absolute Gasteiger partial charge is 0.239 e. The molecule has 1 aromatic rings. The fourth-order valence-corrected chi connectivity index (χ4v) is 2.92. The van der Waals surface area contributed by atoms with Crippen LogP contribution in [0.2, 0.25) is 0 Å². The van der Waals surface area contributed by atoms with Crippen LogP contribution in [0.25, 0.3) is 0 Å². The van der Waals surface area contributed by atoms with Crippen LogP contribution in [-0.2, 0) is 4.79 Å². The van der Waals surface area contributed by atoms with Crippen LogP contribution in [0.3, 0.4) is 0 Å². The van der Waals surface area contributed by atoms with Crippen LogP contribution < -0.4 is 10.2 Å². The van der Waals surface area contributed by atoms with Crippen LogP contribution in [0.4, 0.5) is 5.95 Å². The summed E-state index contributed by atoms with van der Waals surface area (Å²) in [7, 11) is 0. The summed E-state index contributed by atoms with van der Waals surface area (Å²) >= 11 is 3.33. The van der Waals surface area contributed by atoms with Gasteiger partial charge in [0.25, 0.3) is 0 Å². The maximum Gasteiger partial charge on any atom is 0.239 e. The van der Waals surface area contributed by atoms with Gasteiger partial charge in [-0.25, -0.2) is 9.97 Å². The monoisotopic (exact) mass is 339 g/mol. The van der Waals surface area contributed by atoms with E-state index < -0.39 is 0 Å². The highest BCUT2D eigenvalue weighted by molar-refractivity contribution is 9.10. The SMILES string of the molecule is O=C([C@@H]1CCCN1)N1CCN(c2ncc(Br)cn2)CC1. The topological polar surface area (TPSA) is 61.4 Å². The van der Waals surface area contributed by atoms with Crippen molar-refractivity contribution >= 4 is 27.8 Å². The van der Waals surface area contributed by atoms with Gasteiger partial charge in [0.05, 0.1) is 10.5 Å². The zero-order chi connectivity index (χ0) is 13.9. The molecule has 3 rings (SSSR count). The molecule has 7 heteroatoms. The minimum atomic E-state index is 0.0329. The summed E-state index contributed by atoms with van der Waals surface area (Å²) < 4.78 is 0.877. The molecule has 20 heavy (non-hydrogen) atoms. The Kier molecular flexibility index (Phi) is 4.16. The first kappa shape index (κ1) is 13.8. The number of piperazine rings is 1. The number of anilines is 1. The van der Waals surface area contributed by atoms with Gasteiger partial charge in [-0.3, -0.25) is 4.79 Å². The number of hydrogen-bond donors (Lipinski definition) is 1. The van der Waals surface area contributed by atoms with E-state index in [1.54, 1.807) is 12.4 Å². The Labute approximate surface area is 126 Å². The van der Waals surface area contributed by atoms with E-state index in [0.29, 0.717) is 0 Å². The highest BCUT2D eigenvalue weighted by Gasteiger charge is 2.29. The lowest BCUT2D eigenvalue weighted by molar-refractivity contribution is -0.133. The number of nitrogens with one attached hydrogen (secondary N) is 1. The molecule has 0 aromatic carbocycles. The van der Waals surface area contributed by atoms with Crippen LogP contribution in [-0.4, -0.2) is 59.5 Å². The lowest BCUT2D eigenvalue weighted by Crippen LogP contribution is -2.53. The van der Waals surface area contributed by atoms with Crippen molar-refractivity contribution in [3.05, 3.63) is 16.9 Å². The Morgan fingerprint density at radius 3 is 2.55 bits per heavy atom. The average Bonchev–Trinajstić information content (AvgIpc) is 3.02. The summed E-state index contributed by atoms with van der Waals surface area (Å²) in [5.74, 6) is 0.984. The van der Waals surface area contributed by atoms with Crippen molar-refractivity contribution < 1.29 is 4.79 Å². The van der Waals surface area contributed by atoms with Crippen molar-refractivity contribution in [3.8, 4) is 0 Å². The second-order valence-electron chi connectivity index (χ2n) is 5.16. The first-order chi connectivity index (χ1) is 9.74. The van der Waals surface area contributed by atoms with Crippen molar-refractivity contribution in [2.45, 2.75) is 18.9 Å². The maximum absolute atomic E-state index is 12.3. The molecule has 0 radical (unpaired) electrons. The first-order valence-electron chi connectivity index (χ1n) is 6.99. The summed E-state index contributed by atoms with van der Waals surface area (Å²) in [5.41, 5.74) is 0. The van der Waals surface area contributed by atoms with Gasteiger partial charge in [0, 0.05) is 38.6 Å². The van der Waals surface area contributed by atoms with E-state index in [4.69, 9.17) is 0 Å². The molecule has 2 saturated heterocycles. The highest BCUT2D eigenvalue weighted by atomic mass is 79.9. The van der Waals surface area contributed by atoms with E-state index in [1.165, 1.54) is 0 Å². The molecule has 0 spiro atoms. The molecule has 6 nitrogen and oxygen atoms in total. The quantitative estimate of drug-likeness (QED) is 0.856. The zero-order valence-corrected chi connectivity index (χ0v) is 12.8. The van der Waals surface area contributed by atoms with E-state index in [2.05, 4.69) is 36.1 Å². The molecule has 2 aliphatic heterocycles. The van der Waals surface area contributed by atoms with Crippen LogP contribution in [0.1, 0.15) is 12.8 Å². The molecule has 0 saturated carbocycles. The Hall–Kier alpha value is -1.21. The van der Waals surface area contributed by atoms with E-state index in [9.17, 15) is 4.79 Å². The number of amides is 1. The fourth-order valence-electron chi connectivity index (χ4n) is 2.71. The third kappa shape index (κ3) is 2.93. The summed E-state index contributed by atoms with van der Waals surface area (Å²) in [4.78, 5) is 25.0. The summed E-state index contributed by atoms with van der Waals surface area (Å²) in [6, 6.07) is 0.0329. The number of aromatic nitrogens is 2. The number of halogens is 1.